The van der Waals surface area contributed by atoms with Crippen molar-refractivity contribution in [2.24, 2.45) is 0 Å². The molecule has 4 rings (SSSR count). The second kappa shape index (κ2) is 6.18. The first kappa shape index (κ1) is 14.5. The summed E-state index contributed by atoms with van der Waals surface area (Å²) in [6, 6.07) is 10.3. The standard InChI is InChI=1S/C18H18N4S/c1-13-4-2-5-15(20-13)12-22-8-7-16-14(11-22)10-19-18(21-16)17-6-3-9-23-17/h2-6,9-10H,7-8,11-12H2,1H3. The summed E-state index contributed by atoms with van der Waals surface area (Å²) in [6.45, 7) is 4.84. The van der Waals surface area contributed by atoms with Gasteiger partial charge in [0.05, 0.1) is 16.3 Å². The lowest BCUT2D eigenvalue weighted by Crippen LogP contribution is -2.31. The smallest absolute Gasteiger partial charge is 0.169 e. The first-order chi connectivity index (χ1) is 11.3. The van der Waals surface area contributed by atoms with Crippen LogP contribution in [0, 0.1) is 6.92 Å². The SMILES string of the molecule is Cc1cccc(CN2CCc3nc(-c4cccs4)ncc3C2)n1. The van der Waals surface area contributed by atoms with Crippen molar-refractivity contribution < 1.29 is 0 Å². The van der Waals surface area contributed by atoms with Crippen molar-refractivity contribution in [2.45, 2.75) is 26.4 Å². The molecule has 0 aliphatic carbocycles. The van der Waals surface area contributed by atoms with Gasteiger partial charge < -0.3 is 0 Å². The Morgan fingerprint density at radius 2 is 2.13 bits per heavy atom. The maximum atomic E-state index is 4.77. The van der Waals surface area contributed by atoms with Crippen LogP contribution in [0.3, 0.4) is 0 Å². The van der Waals surface area contributed by atoms with E-state index in [0.29, 0.717) is 0 Å². The van der Waals surface area contributed by atoms with Crippen LogP contribution in [-0.4, -0.2) is 26.4 Å². The first-order valence-corrected chi connectivity index (χ1v) is 8.69. The van der Waals surface area contributed by atoms with E-state index in [2.05, 4.69) is 38.4 Å². The van der Waals surface area contributed by atoms with Gasteiger partial charge in [0.2, 0.25) is 0 Å². The van der Waals surface area contributed by atoms with E-state index in [0.717, 1.165) is 48.1 Å². The molecule has 1 aliphatic heterocycles. The van der Waals surface area contributed by atoms with Crippen molar-refractivity contribution >= 4 is 11.3 Å². The maximum Gasteiger partial charge on any atom is 0.169 e. The predicted molar refractivity (Wildman–Crippen MR) is 92.1 cm³/mol. The second-order valence-corrected chi connectivity index (χ2v) is 6.82. The maximum absolute atomic E-state index is 4.77. The van der Waals surface area contributed by atoms with E-state index < -0.39 is 0 Å². The van der Waals surface area contributed by atoms with Gasteiger partial charge in [0.15, 0.2) is 5.82 Å². The Morgan fingerprint density at radius 3 is 2.96 bits per heavy atom. The fourth-order valence-corrected chi connectivity index (χ4v) is 3.62. The Labute approximate surface area is 139 Å². The summed E-state index contributed by atoms with van der Waals surface area (Å²) in [6.07, 6.45) is 2.97. The van der Waals surface area contributed by atoms with Gasteiger partial charge in [0.25, 0.3) is 0 Å². The van der Waals surface area contributed by atoms with Crippen LogP contribution < -0.4 is 0 Å². The molecule has 0 unspecified atom stereocenters. The van der Waals surface area contributed by atoms with Crippen molar-refractivity contribution in [3.05, 3.63) is 64.6 Å². The van der Waals surface area contributed by atoms with Gasteiger partial charge in [-0.15, -0.1) is 11.3 Å². The molecule has 0 radical (unpaired) electrons. The molecular formula is C18H18N4S. The van der Waals surface area contributed by atoms with E-state index in [1.807, 2.05) is 25.3 Å². The summed E-state index contributed by atoms with van der Waals surface area (Å²) < 4.78 is 0. The molecule has 3 aromatic rings. The van der Waals surface area contributed by atoms with Crippen LogP contribution in [-0.2, 0) is 19.5 Å². The van der Waals surface area contributed by atoms with Crippen molar-refractivity contribution in [3.8, 4) is 10.7 Å². The van der Waals surface area contributed by atoms with Crippen molar-refractivity contribution in [1.29, 1.82) is 0 Å². The van der Waals surface area contributed by atoms with E-state index in [1.54, 1.807) is 11.3 Å². The topological polar surface area (TPSA) is 41.9 Å². The first-order valence-electron chi connectivity index (χ1n) is 7.81. The number of hydrogen-bond donors (Lipinski definition) is 0. The zero-order valence-corrected chi connectivity index (χ0v) is 13.9. The third-order valence-electron chi connectivity index (χ3n) is 4.09. The van der Waals surface area contributed by atoms with Gasteiger partial charge in [0.1, 0.15) is 0 Å². The molecule has 4 nitrogen and oxygen atoms in total. The minimum absolute atomic E-state index is 0.854. The molecule has 0 atom stereocenters. The quantitative estimate of drug-likeness (QED) is 0.740. The van der Waals surface area contributed by atoms with Crippen molar-refractivity contribution in [1.82, 2.24) is 19.9 Å². The molecule has 4 heterocycles. The molecule has 0 fully saturated rings. The molecule has 0 saturated carbocycles. The van der Waals surface area contributed by atoms with Gasteiger partial charge in [-0.3, -0.25) is 9.88 Å². The minimum atomic E-state index is 0.854. The summed E-state index contributed by atoms with van der Waals surface area (Å²) in [5.74, 6) is 0.854. The van der Waals surface area contributed by atoms with E-state index >= 15 is 0 Å². The number of pyridine rings is 1. The predicted octanol–water partition coefficient (Wildman–Crippen LogP) is 3.47. The Kier molecular flexibility index (Phi) is 3.89. The Morgan fingerprint density at radius 1 is 1.17 bits per heavy atom. The van der Waals surface area contributed by atoms with E-state index in [1.165, 1.54) is 11.3 Å². The molecule has 23 heavy (non-hydrogen) atoms. The molecule has 5 heteroatoms. The van der Waals surface area contributed by atoms with Gasteiger partial charge in [-0.25, -0.2) is 9.97 Å². The van der Waals surface area contributed by atoms with Crippen LogP contribution >= 0.6 is 11.3 Å². The second-order valence-electron chi connectivity index (χ2n) is 5.87. The molecule has 0 amide bonds. The highest BCUT2D eigenvalue weighted by molar-refractivity contribution is 7.13. The molecule has 0 spiro atoms. The average Bonchev–Trinajstić information content (AvgIpc) is 3.09. The Hall–Kier alpha value is -2.11. The van der Waals surface area contributed by atoms with Crippen LogP contribution in [0.25, 0.3) is 10.7 Å². The minimum Gasteiger partial charge on any atom is -0.293 e. The van der Waals surface area contributed by atoms with Crippen LogP contribution in [0.4, 0.5) is 0 Å². The normalized spacial score (nSPS) is 14.7. The molecule has 0 N–H and O–H groups in total. The number of aryl methyl sites for hydroxylation is 1. The fraction of sp³-hybridized carbons (Fsp3) is 0.278. The van der Waals surface area contributed by atoms with E-state index in [9.17, 15) is 0 Å². The molecule has 3 aromatic heterocycles. The van der Waals surface area contributed by atoms with Crippen molar-refractivity contribution in [2.75, 3.05) is 6.54 Å². The molecular weight excluding hydrogens is 304 g/mol. The fourth-order valence-electron chi connectivity index (χ4n) is 2.95. The van der Waals surface area contributed by atoms with Crippen LogP contribution in [0.1, 0.15) is 22.6 Å². The molecule has 0 saturated heterocycles. The number of fused-ring (bicyclic) bond motifs is 1. The third-order valence-corrected chi connectivity index (χ3v) is 4.95. The lowest BCUT2D eigenvalue weighted by atomic mass is 10.1. The zero-order chi connectivity index (χ0) is 15.6. The van der Waals surface area contributed by atoms with Gasteiger partial charge >= 0.3 is 0 Å². The molecule has 1 aliphatic rings. The number of nitrogens with zero attached hydrogens (tertiary/aromatic N) is 4. The van der Waals surface area contributed by atoms with E-state index in [4.69, 9.17) is 4.98 Å². The van der Waals surface area contributed by atoms with Crippen LogP contribution in [0.2, 0.25) is 0 Å². The largest absolute Gasteiger partial charge is 0.293 e. The Balaban J connectivity index is 1.51. The summed E-state index contributed by atoms with van der Waals surface area (Å²) in [5.41, 5.74) is 4.63. The zero-order valence-electron chi connectivity index (χ0n) is 13.1. The highest BCUT2D eigenvalue weighted by atomic mass is 32.1. The van der Waals surface area contributed by atoms with Crippen molar-refractivity contribution in [3.63, 3.8) is 0 Å². The lowest BCUT2D eigenvalue weighted by Gasteiger charge is -2.27. The van der Waals surface area contributed by atoms with E-state index in [-0.39, 0.29) is 0 Å². The van der Waals surface area contributed by atoms with Gasteiger partial charge in [-0.1, -0.05) is 12.1 Å². The summed E-state index contributed by atoms with van der Waals surface area (Å²) in [5, 5.41) is 2.06. The third kappa shape index (κ3) is 3.16. The average molecular weight is 322 g/mol. The summed E-state index contributed by atoms with van der Waals surface area (Å²) in [4.78, 5) is 17.5. The monoisotopic (exact) mass is 322 g/mol. The van der Waals surface area contributed by atoms with Crippen LogP contribution in [0.5, 0.6) is 0 Å². The summed E-state index contributed by atoms with van der Waals surface area (Å²) >= 11 is 1.69. The van der Waals surface area contributed by atoms with Gasteiger partial charge in [-0.05, 0) is 30.5 Å². The van der Waals surface area contributed by atoms with Crippen LogP contribution in [0.15, 0.2) is 41.9 Å². The van der Waals surface area contributed by atoms with Gasteiger partial charge in [0, 0.05) is 43.5 Å². The number of hydrogen-bond acceptors (Lipinski definition) is 5. The Bertz CT molecular complexity index is 814. The van der Waals surface area contributed by atoms with Gasteiger partial charge in [-0.2, -0.15) is 0 Å². The molecule has 0 bridgehead atoms. The molecule has 116 valence electrons. The summed E-state index contributed by atoms with van der Waals surface area (Å²) in [7, 11) is 0. The lowest BCUT2D eigenvalue weighted by molar-refractivity contribution is 0.240. The highest BCUT2D eigenvalue weighted by Crippen LogP contribution is 2.24. The number of thiophene rings is 1. The highest BCUT2D eigenvalue weighted by Gasteiger charge is 2.19. The number of rotatable bonds is 3. The molecule has 0 aromatic carbocycles. The number of aromatic nitrogens is 3.